The van der Waals surface area contributed by atoms with Gasteiger partial charge in [-0.05, 0) is 62.1 Å². The number of benzene rings is 3. The van der Waals surface area contributed by atoms with Crippen molar-refractivity contribution in [1.29, 1.82) is 0 Å². The number of aryl methyl sites for hydroxylation is 3. The third-order valence-corrected chi connectivity index (χ3v) is 6.64. The molecule has 0 aliphatic carbocycles. The van der Waals surface area contributed by atoms with Gasteiger partial charge in [0.15, 0.2) is 0 Å². The Labute approximate surface area is 182 Å². The molecule has 3 aromatic rings. The molecule has 0 aliphatic heterocycles. The maximum absolute atomic E-state index is 13.5. The molecule has 3 rings (SSSR count). The molecule has 2 N–H and O–H groups in total. The van der Waals surface area contributed by atoms with Gasteiger partial charge in [-0.1, -0.05) is 54.1 Å². The number of halogens is 1. The molecule has 162 valence electrons. The van der Waals surface area contributed by atoms with Crippen LogP contribution in [0, 0.1) is 26.6 Å². The van der Waals surface area contributed by atoms with Gasteiger partial charge in [-0.25, -0.2) is 12.8 Å². The Morgan fingerprint density at radius 3 is 2.19 bits per heavy atom. The fourth-order valence-corrected chi connectivity index (χ4v) is 5.32. The lowest BCUT2D eigenvalue weighted by atomic mass is 10.1. The van der Waals surface area contributed by atoms with Gasteiger partial charge < -0.3 is 5.32 Å². The highest BCUT2D eigenvalue weighted by Gasteiger charge is 2.28. The minimum absolute atomic E-state index is 0.144. The Hall–Kier alpha value is -3.03. The van der Waals surface area contributed by atoms with Gasteiger partial charge >= 0.3 is 0 Å². The van der Waals surface area contributed by atoms with Gasteiger partial charge in [0.1, 0.15) is 11.9 Å². The smallest absolute Gasteiger partial charge is 0.242 e. The second kappa shape index (κ2) is 9.41. The molecular formula is C24H25FN2O3S. The van der Waals surface area contributed by atoms with Crippen LogP contribution in [0.1, 0.15) is 22.3 Å². The largest absolute Gasteiger partial charge is 0.325 e. The number of amides is 1. The normalized spacial score (nSPS) is 12.4. The van der Waals surface area contributed by atoms with Gasteiger partial charge in [0, 0.05) is 5.69 Å². The van der Waals surface area contributed by atoms with Crippen LogP contribution < -0.4 is 10.0 Å². The molecule has 0 spiro atoms. The van der Waals surface area contributed by atoms with Crippen LogP contribution in [-0.4, -0.2) is 20.4 Å². The highest BCUT2D eigenvalue weighted by molar-refractivity contribution is 7.89. The van der Waals surface area contributed by atoms with E-state index in [0.717, 1.165) is 11.1 Å². The van der Waals surface area contributed by atoms with E-state index in [9.17, 15) is 17.6 Å². The van der Waals surface area contributed by atoms with Crippen LogP contribution >= 0.6 is 0 Å². The molecule has 1 atom stereocenters. The van der Waals surface area contributed by atoms with E-state index in [0.29, 0.717) is 11.1 Å². The van der Waals surface area contributed by atoms with Gasteiger partial charge in [0.05, 0.1) is 4.90 Å². The van der Waals surface area contributed by atoms with Crippen molar-refractivity contribution in [2.75, 3.05) is 5.32 Å². The number of rotatable bonds is 7. The van der Waals surface area contributed by atoms with E-state index >= 15 is 0 Å². The highest BCUT2D eigenvalue weighted by Crippen LogP contribution is 2.22. The molecule has 1 amide bonds. The molecule has 0 aliphatic rings. The predicted octanol–water partition coefficient (Wildman–Crippen LogP) is 4.28. The number of hydrogen-bond acceptors (Lipinski definition) is 3. The summed E-state index contributed by atoms with van der Waals surface area (Å²) in [7, 11) is -3.99. The molecule has 31 heavy (non-hydrogen) atoms. The molecule has 3 aromatic carbocycles. The van der Waals surface area contributed by atoms with Crippen LogP contribution in [0.2, 0.25) is 0 Å². The minimum Gasteiger partial charge on any atom is -0.325 e. The molecule has 0 radical (unpaired) electrons. The molecule has 7 heteroatoms. The highest BCUT2D eigenvalue weighted by atomic mass is 32.2. The van der Waals surface area contributed by atoms with Gasteiger partial charge in [-0.3, -0.25) is 4.79 Å². The molecule has 0 fully saturated rings. The Bertz CT molecular complexity index is 1170. The van der Waals surface area contributed by atoms with Crippen molar-refractivity contribution in [2.45, 2.75) is 38.1 Å². The number of nitrogens with one attached hydrogen (secondary N) is 2. The van der Waals surface area contributed by atoms with Gasteiger partial charge in [-0.15, -0.1) is 0 Å². The lowest BCUT2D eigenvalue weighted by molar-refractivity contribution is -0.117. The van der Waals surface area contributed by atoms with Gasteiger partial charge in [0.25, 0.3) is 0 Å². The Morgan fingerprint density at radius 2 is 1.58 bits per heavy atom. The summed E-state index contributed by atoms with van der Waals surface area (Å²) in [6.45, 7) is 5.36. The Balaban J connectivity index is 1.93. The van der Waals surface area contributed by atoms with E-state index in [4.69, 9.17) is 0 Å². The van der Waals surface area contributed by atoms with E-state index in [1.54, 1.807) is 32.0 Å². The third-order valence-electron chi connectivity index (χ3n) is 4.86. The quantitative estimate of drug-likeness (QED) is 0.576. The Morgan fingerprint density at radius 1 is 0.935 bits per heavy atom. The van der Waals surface area contributed by atoms with Crippen molar-refractivity contribution in [3.63, 3.8) is 0 Å². The van der Waals surface area contributed by atoms with E-state index < -0.39 is 27.8 Å². The first kappa shape index (κ1) is 22.7. The van der Waals surface area contributed by atoms with Gasteiger partial charge in [-0.2, -0.15) is 4.72 Å². The standard InChI is InChI=1S/C24H25FN2O3S/c1-16-12-17(2)23(18(3)13-16)31(29,30)27-22(14-19-8-5-4-6-9-19)24(28)26-21-11-7-10-20(25)15-21/h4-13,15,22,27H,14H2,1-3H3,(H,26,28). The number of carbonyl (C=O) groups excluding carboxylic acids is 1. The summed E-state index contributed by atoms with van der Waals surface area (Å²) in [5, 5.41) is 2.61. The average molecular weight is 441 g/mol. The van der Waals surface area contributed by atoms with E-state index in [-0.39, 0.29) is 17.0 Å². The van der Waals surface area contributed by atoms with Crippen LogP contribution in [0.25, 0.3) is 0 Å². The second-order valence-corrected chi connectivity index (χ2v) is 9.24. The number of hydrogen-bond donors (Lipinski definition) is 2. The predicted molar refractivity (Wildman–Crippen MR) is 120 cm³/mol. The van der Waals surface area contributed by atoms with Crippen molar-refractivity contribution in [1.82, 2.24) is 4.72 Å². The number of carbonyl (C=O) groups is 1. The maximum atomic E-state index is 13.5. The molecule has 0 aromatic heterocycles. The zero-order valence-electron chi connectivity index (χ0n) is 17.6. The van der Waals surface area contributed by atoms with Crippen molar-refractivity contribution < 1.29 is 17.6 Å². The first-order valence-corrected chi connectivity index (χ1v) is 11.3. The lowest BCUT2D eigenvalue weighted by Crippen LogP contribution is -2.45. The fourth-order valence-electron chi connectivity index (χ4n) is 3.67. The molecule has 5 nitrogen and oxygen atoms in total. The summed E-state index contributed by atoms with van der Waals surface area (Å²) in [4.78, 5) is 13.2. The summed E-state index contributed by atoms with van der Waals surface area (Å²) in [6, 6.07) is 17.1. The lowest BCUT2D eigenvalue weighted by Gasteiger charge is -2.20. The van der Waals surface area contributed by atoms with Crippen molar-refractivity contribution in [2.24, 2.45) is 0 Å². The van der Waals surface area contributed by atoms with Crippen LogP contribution in [-0.2, 0) is 21.2 Å². The first-order valence-electron chi connectivity index (χ1n) is 9.86. The molecule has 1 unspecified atom stereocenters. The van der Waals surface area contributed by atoms with E-state index in [1.807, 2.05) is 37.3 Å². The zero-order chi connectivity index (χ0) is 22.6. The maximum Gasteiger partial charge on any atom is 0.242 e. The topological polar surface area (TPSA) is 75.3 Å². The van der Waals surface area contributed by atoms with Crippen LogP contribution in [0.3, 0.4) is 0 Å². The van der Waals surface area contributed by atoms with Crippen molar-refractivity contribution in [3.8, 4) is 0 Å². The fraction of sp³-hybridized carbons (Fsp3) is 0.208. The monoisotopic (exact) mass is 440 g/mol. The summed E-state index contributed by atoms with van der Waals surface area (Å²) < 4.78 is 42.6. The van der Waals surface area contributed by atoms with Crippen LogP contribution in [0.15, 0.2) is 71.6 Å². The minimum atomic E-state index is -3.99. The van der Waals surface area contributed by atoms with Crippen molar-refractivity contribution >= 4 is 21.6 Å². The molecule has 0 saturated heterocycles. The summed E-state index contributed by atoms with van der Waals surface area (Å²) >= 11 is 0. The summed E-state index contributed by atoms with van der Waals surface area (Å²) in [5.74, 6) is -1.07. The third kappa shape index (κ3) is 5.77. The summed E-state index contributed by atoms with van der Waals surface area (Å²) in [6.07, 6.45) is 0.144. The number of anilines is 1. The second-order valence-electron chi connectivity index (χ2n) is 7.59. The summed E-state index contributed by atoms with van der Waals surface area (Å²) in [5.41, 5.74) is 3.22. The number of sulfonamides is 1. The first-order chi connectivity index (χ1) is 14.7. The Kier molecular flexibility index (Phi) is 6.87. The molecular weight excluding hydrogens is 415 g/mol. The SMILES string of the molecule is Cc1cc(C)c(S(=O)(=O)NC(Cc2ccccc2)C(=O)Nc2cccc(F)c2)c(C)c1. The van der Waals surface area contributed by atoms with Crippen LogP contribution in [0.5, 0.6) is 0 Å². The average Bonchev–Trinajstić information content (AvgIpc) is 2.67. The molecule has 0 bridgehead atoms. The van der Waals surface area contributed by atoms with E-state index in [1.165, 1.54) is 18.2 Å². The zero-order valence-corrected chi connectivity index (χ0v) is 18.5. The molecule has 0 saturated carbocycles. The van der Waals surface area contributed by atoms with Gasteiger partial charge in [0.2, 0.25) is 15.9 Å². The van der Waals surface area contributed by atoms with E-state index in [2.05, 4.69) is 10.0 Å². The molecule has 0 heterocycles. The van der Waals surface area contributed by atoms with Crippen molar-refractivity contribution in [3.05, 3.63) is 94.8 Å². The van der Waals surface area contributed by atoms with Crippen LogP contribution in [0.4, 0.5) is 10.1 Å².